The highest BCUT2D eigenvalue weighted by Crippen LogP contribution is 2.19. The molecule has 0 saturated carbocycles. The summed E-state index contributed by atoms with van der Waals surface area (Å²) in [7, 11) is 1.49. The van der Waals surface area contributed by atoms with Crippen molar-refractivity contribution in [2.24, 2.45) is 5.73 Å². The van der Waals surface area contributed by atoms with Gasteiger partial charge in [0.25, 0.3) is 0 Å². The predicted molar refractivity (Wildman–Crippen MR) is 53.1 cm³/mol. The van der Waals surface area contributed by atoms with Gasteiger partial charge in [-0.2, -0.15) is 0 Å². The van der Waals surface area contributed by atoms with Gasteiger partial charge in [0.15, 0.2) is 0 Å². The Bertz CT molecular complexity index is 326. The molecule has 1 aromatic heterocycles. The Kier molecular flexibility index (Phi) is 3.41. The van der Waals surface area contributed by atoms with Crippen LogP contribution in [0.5, 0.6) is 5.88 Å². The predicted octanol–water partition coefficient (Wildman–Crippen LogP) is 0.376. The van der Waals surface area contributed by atoms with Crippen LogP contribution < -0.4 is 15.8 Å². The third kappa shape index (κ3) is 2.43. The molecule has 0 spiro atoms. The van der Waals surface area contributed by atoms with Crippen LogP contribution in [-0.2, 0) is 4.79 Å². The smallest absolute Gasteiger partial charge is 0.241 e. The lowest BCUT2D eigenvalue weighted by molar-refractivity contribution is -0.117. The van der Waals surface area contributed by atoms with Gasteiger partial charge in [0.1, 0.15) is 5.69 Å². The first kappa shape index (κ1) is 10.5. The maximum absolute atomic E-state index is 11.3. The number of methoxy groups -OCH3 is 1. The topological polar surface area (TPSA) is 77.2 Å². The fourth-order valence-corrected chi connectivity index (χ4v) is 0.895. The van der Waals surface area contributed by atoms with Crippen LogP contribution in [0.25, 0.3) is 0 Å². The number of nitrogens with zero attached hydrogens (tertiary/aromatic N) is 1. The van der Waals surface area contributed by atoms with Crippen LogP contribution in [0, 0.1) is 0 Å². The number of pyridine rings is 1. The van der Waals surface area contributed by atoms with Crippen molar-refractivity contribution in [2.45, 2.75) is 13.0 Å². The van der Waals surface area contributed by atoms with E-state index in [1.54, 1.807) is 25.3 Å². The van der Waals surface area contributed by atoms with Gasteiger partial charge in [-0.15, -0.1) is 0 Å². The number of anilines is 1. The Labute approximate surface area is 82.3 Å². The molecule has 1 heterocycles. The summed E-state index contributed by atoms with van der Waals surface area (Å²) in [6, 6.07) is 2.85. The van der Waals surface area contributed by atoms with Crippen LogP contribution >= 0.6 is 0 Å². The lowest BCUT2D eigenvalue weighted by Crippen LogP contribution is -2.32. The first-order valence-electron chi connectivity index (χ1n) is 4.20. The molecule has 0 unspecified atom stereocenters. The van der Waals surface area contributed by atoms with Crippen LogP contribution in [0.2, 0.25) is 0 Å². The molecule has 5 heteroatoms. The van der Waals surface area contributed by atoms with Crippen LogP contribution in [0.3, 0.4) is 0 Å². The van der Waals surface area contributed by atoms with E-state index in [1.165, 1.54) is 7.11 Å². The summed E-state index contributed by atoms with van der Waals surface area (Å²) in [6.45, 7) is 1.61. The minimum atomic E-state index is -0.556. The van der Waals surface area contributed by atoms with Gasteiger partial charge in [-0.3, -0.25) is 4.79 Å². The van der Waals surface area contributed by atoms with E-state index in [4.69, 9.17) is 10.5 Å². The molecular weight excluding hydrogens is 182 g/mol. The van der Waals surface area contributed by atoms with E-state index in [0.717, 1.165) is 0 Å². The number of hydrogen-bond acceptors (Lipinski definition) is 4. The van der Waals surface area contributed by atoms with Crippen molar-refractivity contribution in [3.05, 3.63) is 18.3 Å². The number of rotatable bonds is 3. The Hall–Kier alpha value is -1.62. The number of hydrogen-bond donors (Lipinski definition) is 2. The molecule has 0 aliphatic carbocycles. The third-order valence-electron chi connectivity index (χ3n) is 1.64. The molecule has 14 heavy (non-hydrogen) atoms. The second kappa shape index (κ2) is 4.57. The standard InChI is InChI=1S/C9H13N3O2/c1-6(10)8(13)12-7-4-3-5-11-9(7)14-2/h3-6H,10H2,1-2H3,(H,12,13)/t6-/m1/s1. The number of amides is 1. The fraction of sp³-hybridized carbons (Fsp3) is 0.333. The highest BCUT2D eigenvalue weighted by Gasteiger charge is 2.10. The van der Waals surface area contributed by atoms with E-state index in [0.29, 0.717) is 11.6 Å². The zero-order valence-corrected chi connectivity index (χ0v) is 8.15. The zero-order valence-electron chi connectivity index (χ0n) is 8.15. The minimum absolute atomic E-state index is 0.267. The number of nitrogens with one attached hydrogen (secondary N) is 1. The molecule has 1 atom stereocenters. The SMILES string of the molecule is COc1ncccc1NC(=O)[C@@H](C)N. The lowest BCUT2D eigenvalue weighted by Gasteiger charge is -2.09. The van der Waals surface area contributed by atoms with Gasteiger partial charge in [0, 0.05) is 6.20 Å². The monoisotopic (exact) mass is 195 g/mol. The summed E-state index contributed by atoms with van der Waals surface area (Å²) in [6.07, 6.45) is 1.58. The molecule has 0 fully saturated rings. The normalized spacial score (nSPS) is 11.9. The van der Waals surface area contributed by atoms with Gasteiger partial charge in [0.2, 0.25) is 11.8 Å². The minimum Gasteiger partial charge on any atom is -0.480 e. The number of carbonyl (C=O) groups is 1. The molecule has 1 amide bonds. The molecular formula is C9H13N3O2. The average molecular weight is 195 g/mol. The highest BCUT2D eigenvalue weighted by atomic mass is 16.5. The van der Waals surface area contributed by atoms with Crippen molar-refractivity contribution in [1.82, 2.24) is 4.98 Å². The van der Waals surface area contributed by atoms with E-state index >= 15 is 0 Å². The molecule has 3 N–H and O–H groups in total. The largest absolute Gasteiger partial charge is 0.480 e. The van der Waals surface area contributed by atoms with Crippen molar-refractivity contribution in [2.75, 3.05) is 12.4 Å². The van der Waals surface area contributed by atoms with Gasteiger partial charge >= 0.3 is 0 Å². The Morgan fingerprint density at radius 3 is 3.00 bits per heavy atom. The summed E-state index contributed by atoms with van der Waals surface area (Å²) in [4.78, 5) is 15.2. The first-order chi connectivity index (χ1) is 6.65. The quantitative estimate of drug-likeness (QED) is 0.730. The molecule has 1 rings (SSSR count). The Morgan fingerprint density at radius 2 is 2.43 bits per heavy atom. The van der Waals surface area contributed by atoms with Crippen LogP contribution in [0.1, 0.15) is 6.92 Å². The summed E-state index contributed by atoms with van der Waals surface area (Å²) in [5.41, 5.74) is 5.93. The van der Waals surface area contributed by atoms with Gasteiger partial charge < -0.3 is 15.8 Å². The Morgan fingerprint density at radius 1 is 1.71 bits per heavy atom. The summed E-state index contributed by atoms with van der Waals surface area (Å²) in [5, 5.41) is 2.61. The molecule has 0 aliphatic heterocycles. The van der Waals surface area contributed by atoms with Crippen molar-refractivity contribution in [3.8, 4) is 5.88 Å². The molecule has 5 nitrogen and oxygen atoms in total. The molecule has 76 valence electrons. The summed E-state index contributed by atoms with van der Waals surface area (Å²) < 4.78 is 4.96. The number of carbonyl (C=O) groups excluding carboxylic acids is 1. The molecule has 0 radical (unpaired) electrons. The first-order valence-corrected chi connectivity index (χ1v) is 4.20. The van der Waals surface area contributed by atoms with Crippen LogP contribution in [0.4, 0.5) is 5.69 Å². The van der Waals surface area contributed by atoms with Crippen molar-refractivity contribution in [3.63, 3.8) is 0 Å². The van der Waals surface area contributed by atoms with Gasteiger partial charge in [-0.05, 0) is 19.1 Å². The molecule has 0 bridgehead atoms. The number of aromatic nitrogens is 1. The molecule has 0 aromatic carbocycles. The van der Waals surface area contributed by atoms with E-state index in [2.05, 4.69) is 10.3 Å². The fourth-order valence-electron chi connectivity index (χ4n) is 0.895. The molecule has 0 saturated heterocycles. The second-order valence-corrected chi connectivity index (χ2v) is 2.84. The summed E-state index contributed by atoms with van der Waals surface area (Å²) >= 11 is 0. The van der Waals surface area contributed by atoms with Gasteiger partial charge in [-0.1, -0.05) is 0 Å². The number of nitrogens with two attached hydrogens (primary N) is 1. The second-order valence-electron chi connectivity index (χ2n) is 2.84. The summed E-state index contributed by atoms with van der Waals surface area (Å²) in [5.74, 6) is 0.109. The van der Waals surface area contributed by atoms with Gasteiger partial charge in [-0.25, -0.2) is 4.98 Å². The van der Waals surface area contributed by atoms with E-state index < -0.39 is 6.04 Å². The number of ether oxygens (including phenoxy) is 1. The molecule has 1 aromatic rings. The average Bonchev–Trinajstić information content (AvgIpc) is 2.18. The molecule has 0 aliphatic rings. The van der Waals surface area contributed by atoms with E-state index in [-0.39, 0.29) is 5.91 Å². The maximum atomic E-state index is 11.3. The zero-order chi connectivity index (χ0) is 10.6. The van der Waals surface area contributed by atoms with E-state index in [1.807, 2.05) is 0 Å². The maximum Gasteiger partial charge on any atom is 0.241 e. The highest BCUT2D eigenvalue weighted by molar-refractivity contribution is 5.95. The third-order valence-corrected chi connectivity index (χ3v) is 1.64. The van der Waals surface area contributed by atoms with Gasteiger partial charge in [0.05, 0.1) is 13.2 Å². The van der Waals surface area contributed by atoms with E-state index in [9.17, 15) is 4.79 Å². The van der Waals surface area contributed by atoms with Crippen molar-refractivity contribution in [1.29, 1.82) is 0 Å². The van der Waals surface area contributed by atoms with Crippen molar-refractivity contribution < 1.29 is 9.53 Å². The lowest BCUT2D eigenvalue weighted by atomic mass is 10.3. The van der Waals surface area contributed by atoms with Crippen LogP contribution in [-0.4, -0.2) is 24.0 Å². The van der Waals surface area contributed by atoms with Crippen LogP contribution in [0.15, 0.2) is 18.3 Å². The Balaban J connectivity index is 2.80. The van der Waals surface area contributed by atoms with Crippen molar-refractivity contribution >= 4 is 11.6 Å².